The summed E-state index contributed by atoms with van der Waals surface area (Å²) in [6.07, 6.45) is 0.464. The third-order valence-corrected chi connectivity index (χ3v) is 2.86. The van der Waals surface area contributed by atoms with Crippen LogP contribution in [0.5, 0.6) is 0 Å². The lowest BCUT2D eigenvalue weighted by Gasteiger charge is -2.16. The van der Waals surface area contributed by atoms with Gasteiger partial charge in [-0.05, 0) is 24.6 Å². The van der Waals surface area contributed by atoms with Crippen LogP contribution in [0.3, 0.4) is 0 Å². The van der Waals surface area contributed by atoms with Crippen LogP contribution in [0, 0.1) is 10.1 Å². The van der Waals surface area contributed by atoms with E-state index in [1.807, 2.05) is 0 Å². The molecule has 0 heterocycles. The normalized spacial score (nSPS) is 10.4. The predicted octanol–water partition coefficient (Wildman–Crippen LogP) is -0.513. The van der Waals surface area contributed by atoms with Crippen molar-refractivity contribution in [2.45, 2.75) is 6.42 Å². The highest BCUT2D eigenvalue weighted by atomic mass is 16.6. The van der Waals surface area contributed by atoms with Gasteiger partial charge in [-0.15, -0.1) is 0 Å². The lowest BCUT2D eigenvalue weighted by Crippen LogP contribution is -2.15. The maximum atomic E-state index is 11.3. The predicted molar refractivity (Wildman–Crippen MR) is 81.4 cm³/mol. The van der Waals surface area contributed by atoms with E-state index in [1.54, 1.807) is 6.07 Å². The smallest absolute Gasteiger partial charge is 0.317 e. The maximum Gasteiger partial charge on any atom is 0.317 e. The Morgan fingerprint density at radius 2 is 1.86 bits per heavy atom. The van der Waals surface area contributed by atoms with Gasteiger partial charge < -0.3 is 32.3 Å². The molecule has 0 aliphatic carbocycles. The minimum Gasteiger partial charge on any atom is -0.397 e. The molecule has 21 heavy (non-hydrogen) atoms. The van der Waals surface area contributed by atoms with E-state index in [4.69, 9.17) is 21.7 Å². The quantitative estimate of drug-likeness (QED) is 0.202. The number of aliphatic hydroxyl groups is 2. The van der Waals surface area contributed by atoms with Crippen LogP contribution in [0.15, 0.2) is 6.07 Å². The topological polar surface area (TPSA) is 160 Å². The Morgan fingerprint density at radius 3 is 2.38 bits per heavy atom. The highest BCUT2D eigenvalue weighted by Crippen LogP contribution is 2.40. The van der Waals surface area contributed by atoms with E-state index in [0.717, 1.165) is 0 Å². The minimum atomic E-state index is -0.554. The van der Waals surface area contributed by atoms with Gasteiger partial charge in [-0.25, -0.2) is 0 Å². The number of nitrogens with one attached hydrogen (secondary N) is 2. The number of rotatable bonds is 9. The van der Waals surface area contributed by atoms with Gasteiger partial charge in [-0.2, -0.15) is 0 Å². The zero-order valence-corrected chi connectivity index (χ0v) is 11.6. The summed E-state index contributed by atoms with van der Waals surface area (Å²) in [6.45, 7) is 0.313. The second kappa shape index (κ2) is 8.25. The molecule has 0 saturated carbocycles. The first kappa shape index (κ1) is 17.0. The Labute approximate surface area is 122 Å². The number of benzene rings is 1. The van der Waals surface area contributed by atoms with Crippen LogP contribution in [0.25, 0.3) is 0 Å². The molecule has 0 aliphatic heterocycles. The number of nitro groups is 1. The van der Waals surface area contributed by atoms with Gasteiger partial charge in [-0.1, -0.05) is 0 Å². The average molecular weight is 299 g/mol. The molecular formula is C12H21N5O4. The third-order valence-electron chi connectivity index (χ3n) is 2.86. The second-order valence-electron chi connectivity index (χ2n) is 4.32. The number of hydrogen-bond acceptors (Lipinski definition) is 8. The number of hydrogen-bond donors (Lipinski definition) is 6. The van der Waals surface area contributed by atoms with Crippen LogP contribution in [0.2, 0.25) is 0 Å². The first-order chi connectivity index (χ1) is 10.1. The Balaban J connectivity index is 3.38. The average Bonchev–Trinajstić information content (AvgIpc) is 2.45. The van der Waals surface area contributed by atoms with Gasteiger partial charge in [0.15, 0.2) is 0 Å². The first-order valence-electron chi connectivity index (χ1n) is 6.56. The van der Waals surface area contributed by atoms with Crippen LogP contribution in [0.1, 0.15) is 5.56 Å². The summed E-state index contributed by atoms with van der Waals surface area (Å²) in [4.78, 5) is 10.8. The lowest BCUT2D eigenvalue weighted by atomic mass is 10.0. The van der Waals surface area contributed by atoms with Gasteiger partial charge in [-0.3, -0.25) is 10.1 Å². The number of nitro benzene ring substituents is 1. The summed E-state index contributed by atoms with van der Waals surface area (Å²) in [5, 5.41) is 34.6. The van der Waals surface area contributed by atoms with Crippen molar-refractivity contribution >= 4 is 22.7 Å². The molecule has 8 N–H and O–H groups in total. The fourth-order valence-electron chi connectivity index (χ4n) is 1.98. The van der Waals surface area contributed by atoms with E-state index < -0.39 is 4.92 Å². The second-order valence-corrected chi connectivity index (χ2v) is 4.32. The van der Waals surface area contributed by atoms with Crippen molar-refractivity contribution in [2.24, 2.45) is 5.73 Å². The van der Waals surface area contributed by atoms with Crippen LogP contribution >= 0.6 is 0 Å². The molecule has 1 aromatic rings. The number of anilines is 3. The molecule has 118 valence electrons. The van der Waals surface area contributed by atoms with Crippen molar-refractivity contribution in [3.05, 3.63) is 21.7 Å². The molecule has 0 aromatic heterocycles. The van der Waals surface area contributed by atoms with E-state index in [2.05, 4.69) is 10.6 Å². The van der Waals surface area contributed by atoms with Crippen molar-refractivity contribution in [3.63, 3.8) is 0 Å². The van der Waals surface area contributed by atoms with Crippen molar-refractivity contribution in [3.8, 4) is 0 Å². The standard InChI is InChI=1S/C12H21N5O4/c13-2-1-8-7-9(15-3-5-18)12(17(20)21)11(10(8)14)16-4-6-19/h7,15-16,18-19H,1-6,13-14H2. The molecule has 0 saturated heterocycles. The molecule has 9 nitrogen and oxygen atoms in total. The number of nitrogens with zero attached hydrogens (tertiary/aromatic N) is 1. The van der Waals surface area contributed by atoms with E-state index >= 15 is 0 Å². The van der Waals surface area contributed by atoms with E-state index in [1.165, 1.54) is 0 Å². The molecule has 0 unspecified atom stereocenters. The monoisotopic (exact) mass is 299 g/mol. The summed E-state index contributed by atoms with van der Waals surface area (Å²) in [7, 11) is 0. The summed E-state index contributed by atoms with van der Waals surface area (Å²) in [5.41, 5.74) is 12.6. The SMILES string of the molecule is NCCc1cc(NCCO)c([N+](=O)[O-])c(NCCO)c1N. The molecule has 0 spiro atoms. The Kier molecular flexibility index (Phi) is 6.66. The summed E-state index contributed by atoms with van der Waals surface area (Å²) >= 11 is 0. The molecule has 0 bridgehead atoms. The summed E-state index contributed by atoms with van der Waals surface area (Å²) < 4.78 is 0. The highest BCUT2D eigenvalue weighted by molar-refractivity contribution is 5.88. The number of nitrogen functional groups attached to an aromatic ring is 1. The van der Waals surface area contributed by atoms with Crippen molar-refractivity contribution < 1.29 is 15.1 Å². The molecule has 0 amide bonds. The molecule has 1 rings (SSSR count). The van der Waals surface area contributed by atoms with Gasteiger partial charge in [0, 0.05) is 13.1 Å². The fourth-order valence-corrected chi connectivity index (χ4v) is 1.98. The van der Waals surface area contributed by atoms with Gasteiger partial charge in [0.1, 0.15) is 11.4 Å². The van der Waals surface area contributed by atoms with Crippen LogP contribution in [-0.4, -0.2) is 48.0 Å². The van der Waals surface area contributed by atoms with Crippen molar-refractivity contribution in [1.29, 1.82) is 0 Å². The summed E-state index contributed by atoms with van der Waals surface area (Å²) in [6, 6.07) is 1.57. The minimum absolute atomic E-state index is 0.135. The zero-order chi connectivity index (χ0) is 15.8. The van der Waals surface area contributed by atoms with E-state index in [9.17, 15) is 10.1 Å². The van der Waals surface area contributed by atoms with Gasteiger partial charge >= 0.3 is 5.69 Å². The molecule has 0 aliphatic rings. The third kappa shape index (κ3) is 4.18. The molecule has 9 heteroatoms. The van der Waals surface area contributed by atoms with Crippen LogP contribution < -0.4 is 22.1 Å². The van der Waals surface area contributed by atoms with Gasteiger partial charge in [0.2, 0.25) is 0 Å². The lowest BCUT2D eigenvalue weighted by molar-refractivity contribution is -0.383. The van der Waals surface area contributed by atoms with Crippen LogP contribution in [0.4, 0.5) is 22.7 Å². The van der Waals surface area contributed by atoms with Crippen molar-refractivity contribution in [1.82, 2.24) is 0 Å². The van der Waals surface area contributed by atoms with E-state index in [-0.39, 0.29) is 49.1 Å². The highest BCUT2D eigenvalue weighted by Gasteiger charge is 2.24. The Bertz CT molecular complexity index is 495. The number of nitrogens with two attached hydrogens (primary N) is 2. The van der Waals surface area contributed by atoms with Gasteiger partial charge in [0.25, 0.3) is 0 Å². The molecule has 0 atom stereocenters. The number of aliphatic hydroxyl groups excluding tert-OH is 2. The van der Waals surface area contributed by atoms with E-state index in [0.29, 0.717) is 18.5 Å². The first-order valence-corrected chi connectivity index (χ1v) is 6.56. The van der Waals surface area contributed by atoms with Crippen LogP contribution in [-0.2, 0) is 6.42 Å². The molecule has 0 fully saturated rings. The molecule has 0 radical (unpaired) electrons. The summed E-state index contributed by atoms with van der Waals surface area (Å²) in [5.74, 6) is 0. The maximum absolute atomic E-state index is 11.3. The van der Waals surface area contributed by atoms with Gasteiger partial charge in [0.05, 0.1) is 23.8 Å². The van der Waals surface area contributed by atoms with Crippen molar-refractivity contribution in [2.75, 3.05) is 49.2 Å². The largest absolute Gasteiger partial charge is 0.397 e. The fraction of sp³-hybridized carbons (Fsp3) is 0.500. The molecular weight excluding hydrogens is 278 g/mol. The Hall–Kier alpha value is -2.10. The molecule has 1 aromatic carbocycles. The Morgan fingerprint density at radius 1 is 1.24 bits per heavy atom. The zero-order valence-electron chi connectivity index (χ0n) is 11.6.